The molecule has 0 aromatic heterocycles. The van der Waals surface area contributed by atoms with E-state index in [9.17, 15) is 0 Å². The second-order valence-corrected chi connectivity index (χ2v) is 6.05. The fraction of sp³-hybridized carbons (Fsp3) is 0.625. The van der Waals surface area contributed by atoms with Crippen LogP contribution in [0.15, 0.2) is 24.3 Å². The average Bonchev–Trinajstić information content (AvgIpc) is 2.40. The van der Waals surface area contributed by atoms with E-state index in [4.69, 9.17) is 5.73 Å². The first-order valence-corrected chi connectivity index (χ1v) is 7.29. The van der Waals surface area contributed by atoms with Crippen LogP contribution in [0.4, 0.5) is 0 Å². The quantitative estimate of drug-likeness (QED) is 0.823. The van der Waals surface area contributed by atoms with Crippen LogP contribution in [0.5, 0.6) is 0 Å². The van der Waals surface area contributed by atoms with Crippen molar-refractivity contribution in [2.45, 2.75) is 44.2 Å². The van der Waals surface area contributed by atoms with Crippen molar-refractivity contribution in [3.8, 4) is 0 Å². The van der Waals surface area contributed by atoms with Crippen LogP contribution in [0.25, 0.3) is 0 Å². The van der Waals surface area contributed by atoms with E-state index in [2.05, 4.69) is 36.2 Å². The number of hydrogen-bond donors (Lipinski definition) is 1. The lowest BCUT2D eigenvalue weighted by molar-refractivity contribution is 0.130. The largest absolute Gasteiger partial charge is 0.328 e. The first-order valence-electron chi connectivity index (χ1n) is 7.29. The molecule has 0 saturated heterocycles. The van der Waals surface area contributed by atoms with Gasteiger partial charge in [-0.3, -0.25) is 4.90 Å². The molecular formula is C16H24N2. The molecule has 2 aliphatic rings. The molecule has 1 aromatic rings. The van der Waals surface area contributed by atoms with E-state index in [1.807, 2.05) is 0 Å². The Labute approximate surface area is 110 Å². The van der Waals surface area contributed by atoms with Crippen LogP contribution >= 0.6 is 0 Å². The van der Waals surface area contributed by atoms with Gasteiger partial charge in [0, 0.05) is 18.6 Å². The summed E-state index contributed by atoms with van der Waals surface area (Å²) in [5, 5.41) is 0. The normalized spacial score (nSPS) is 33.1. The number of rotatable bonds is 1. The molecule has 18 heavy (non-hydrogen) atoms. The fourth-order valence-electron chi connectivity index (χ4n) is 3.80. The third-order valence-electron chi connectivity index (χ3n) is 4.85. The number of hydrogen-bond acceptors (Lipinski definition) is 2. The Morgan fingerprint density at radius 3 is 2.61 bits per heavy atom. The lowest BCUT2D eigenvalue weighted by Gasteiger charge is -2.42. The molecule has 0 amide bonds. The molecule has 0 radical (unpaired) electrons. The first kappa shape index (κ1) is 12.2. The Kier molecular flexibility index (Phi) is 3.40. The van der Waals surface area contributed by atoms with Crippen molar-refractivity contribution in [2.75, 3.05) is 13.6 Å². The minimum atomic E-state index is 0.449. The van der Waals surface area contributed by atoms with E-state index in [1.165, 1.54) is 38.6 Å². The van der Waals surface area contributed by atoms with Crippen molar-refractivity contribution < 1.29 is 0 Å². The molecule has 0 bridgehead atoms. The molecule has 2 nitrogen and oxygen atoms in total. The number of likely N-dealkylation sites (N-methyl/N-ethyl adjacent to an activating group) is 1. The lowest BCUT2D eigenvalue weighted by Crippen LogP contribution is -2.39. The van der Waals surface area contributed by atoms with Gasteiger partial charge in [-0.1, -0.05) is 24.3 Å². The van der Waals surface area contributed by atoms with Crippen molar-refractivity contribution in [3.63, 3.8) is 0 Å². The van der Waals surface area contributed by atoms with Gasteiger partial charge in [0.1, 0.15) is 0 Å². The summed E-state index contributed by atoms with van der Waals surface area (Å²) in [7, 11) is 2.29. The molecule has 1 saturated carbocycles. The van der Waals surface area contributed by atoms with E-state index in [0.717, 1.165) is 5.92 Å². The van der Waals surface area contributed by atoms with E-state index in [0.29, 0.717) is 12.1 Å². The molecule has 1 heterocycles. The van der Waals surface area contributed by atoms with E-state index < -0.39 is 0 Å². The summed E-state index contributed by atoms with van der Waals surface area (Å²) in [5.41, 5.74) is 9.18. The zero-order valence-electron chi connectivity index (χ0n) is 11.3. The molecule has 1 fully saturated rings. The standard InChI is InChI=1S/C16H24N2/c1-18-11-10-12-4-2-3-5-15(12)16(18)13-6-8-14(17)9-7-13/h2-5,13-14,16H,6-11,17H2,1H3. The van der Waals surface area contributed by atoms with Crippen LogP contribution < -0.4 is 5.73 Å². The Hall–Kier alpha value is -0.860. The Morgan fingerprint density at radius 1 is 1.11 bits per heavy atom. The highest BCUT2D eigenvalue weighted by Gasteiger charge is 2.33. The maximum Gasteiger partial charge on any atom is 0.0376 e. The fourth-order valence-corrected chi connectivity index (χ4v) is 3.80. The third kappa shape index (κ3) is 2.19. The monoisotopic (exact) mass is 244 g/mol. The van der Waals surface area contributed by atoms with Gasteiger partial charge in [0.15, 0.2) is 0 Å². The van der Waals surface area contributed by atoms with Crippen LogP contribution in [0.1, 0.15) is 42.9 Å². The van der Waals surface area contributed by atoms with Crippen molar-refractivity contribution in [2.24, 2.45) is 11.7 Å². The second kappa shape index (κ2) is 5.02. The molecule has 1 aliphatic carbocycles. The van der Waals surface area contributed by atoms with Crippen molar-refractivity contribution in [1.29, 1.82) is 0 Å². The van der Waals surface area contributed by atoms with Gasteiger partial charge < -0.3 is 5.73 Å². The molecule has 2 heteroatoms. The molecule has 1 unspecified atom stereocenters. The van der Waals surface area contributed by atoms with Gasteiger partial charge in [-0.05, 0) is 56.2 Å². The smallest absolute Gasteiger partial charge is 0.0376 e. The second-order valence-electron chi connectivity index (χ2n) is 6.05. The lowest BCUT2D eigenvalue weighted by atomic mass is 9.76. The third-order valence-corrected chi connectivity index (χ3v) is 4.85. The van der Waals surface area contributed by atoms with Gasteiger partial charge in [-0.25, -0.2) is 0 Å². The van der Waals surface area contributed by atoms with Crippen LogP contribution in [-0.4, -0.2) is 24.5 Å². The first-order chi connectivity index (χ1) is 8.75. The Balaban J connectivity index is 1.86. The zero-order valence-corrected chi connectivity index (χ0v) is 11.3. The Morgan fingerprint density at radius 2 is 1.83 bits per heavy atom. The highest BCUT2D eigenvalue weighted by atomic mass is 15.1. The van der Waals surface area contributed by atoms with Gasteiger partial charge in [-0.2, -0.15) is 0 Å². The van der Waals surface area contributed by atoms with Crippen LogP contribution in [-0.2, 0) is 6.42 Å². The minimum absolute atomic E-state index is 0.449. The molecule has 1 aromatic carbocycles. The molecule has 3 rings (SSSR count). The average molecular weight is 244 g/mol. The summed E-state index contributed by atoms with van der Waals surface area (Å²) < 4.78 is 0. The maximum atomic E-state index is 6.04. The predicted octanol–water partition coefficient (Wildman–Crippen LogP) is 2.73. The number of benzene rings is 1. The highest BCUT2D eigenvalue weighted by molar-refractivity contribution is 5.33. The summed E-state index contributed by atoms with van der Waals surface area (Å²) in [6.07, 6.45) is 6.21. The molecule has 1 atom stereocenters. The van der Waals surface area contributed by atoms with Crippen LogP contribution in [0.2, 0.25) is 0 Å². The SMILES string of the molecule is CN1CCc2ccccc2C1C1CCC(N)CC1. The van der Waals surface area contributed by atoms with Gasteiger partial charge in [0.05, 0.1) is 0 Å². The summed E-state index contributed by atoms with van der Waals surface area (Å²) in [5.74, 6) is 0.802. The van der Waals surface area contributed by atoms with Gasteiger partial charge in [-0.15, -0.1) is 0 Å². The summed E-state index contributed by atoms with van der Waals surface area (Å²) in [6.45, 7) is 1.20. The molecule has 0 spiro atoms. The topological polar surface area (TPSA) is 29.3 Å². The zero-order chi connectivity index (χ0) is 12.5. The van der Waals surface area contributed by atoms with Gasteiger partial charge in [0.2, 0.25) is 0 Å². The van der Waals surface area contributed by atoms with E-state index in [1.54, 1.807) is 11.1 Å². The Bertz CT molecular complexity index is 407. The van der Waals surface area contributed by atoms with Gasteiger partial charge in [0.25, 0.3) is 0 Å². The maximum absolute atomic E-state index is 6.04. The van der Waals surface area contributed by atoms with Crippen LogP contribution in [0.3, 0.4) is 0 Å². The predicted molar refractivity (Wildman–Crippen MR) is 75.5 cm³/mol. The van der Waals surface area contributed by atoms with Crippen molar-refractivity contribution in [3.05, 3.63) is 35.4 Å². The summed E-state index contributed by atoms with van der Waals surface area (Å²) in [6, 6.07) is 10.1. The number of nitrogens with two attached hydrogens (primary N) is 1. The highest BCUT2D eigenvalue weighted by Crippen LogP contribution is 2.40. The van der Waals surface area contributed by atoms with Crippen LogP contribution in [0, 0.1) is 5.92 Å². The minimum Gasteiger partial charge on any atom is -0.328 e. The summed E-state index contributed by atoms with van der Waals surface area (Å²) >= 11 is 0. The molecule has 2 N–H and O–H groups in total. The molecule has 1 aliphatic heterocycles. The molecular weight excluding hydrogens is 220 g/mol. The van der Waals surface area contributed by atoms with Gasteiger partial charge >= 0.3 is 0 Å². The number of fused-ring (bicyclic) bond motifs is 1. The van der Waals surface area contributed by atoms with E-state index >= 15 is 0 Å². The molecule has 98 valence electrons. The van der Waals surface area contributed by atoms with Crippen molar-refractivity contribution >= 4 is 0 Å². The summed E-state index contributed by atoms with van der Waals surface area (Å²) in [4.78, 5) is 2.56. The van der Waals surface area contributed by atoms with Crippen molar-refractivity contribution in [1.82, 2.24) is 4.90 Å². The number of nitrogens with zero attached hydrogens (tertiary/aromatic N) is 1. The van der Waals surface area contributed by atoms with E-state index in [-0.39, 0.29) is 0 Å².